The quantitative estimate of drug-likeness (QED) is 0.817. The lowest BCUT2D eigenvalue weighted by Crippen LogP contribution is -1.93. The summed E-state index contributed by atoms with van der Waals surface area (Å²) in [4.78, 5) is 22.3. The van der Waals surface area contributed by atoms with E-state index in [-0.39, 0.29) is 10.2 Å². The molecule has 0 spiro atoms. The van der Waals surface area contributed by atoms with Gasteiger partial charge in [0, 0.05) is 6.20 Å². The third kappa shape index (κ3) is 2.44. The van der Waals surface area contributed by atoms with Gasteiger partial charge in [-0.05, 0) is 17.7 Å². The van der Waals surface area contributed by atoms with Crippen LogP contribution in [0.25, 0.3) is 0 Å². The molecule has 0 aromatic carbocycles. The van der Waals surface area contributed by atoms with Gasteiger partial charge in [0.2, 0.25) is 5.28 Å². The highest BCUT2D eigenvalue weighted by molar-refractivity contribution is 7.17. The molecule has 2 N–H and O–H groups in total. The number of carboxylic acid groups (broad SMARTS) is 1. The molecule has 0 aliphatic rings. The van der Waals surface area contributed by atoms with Crippen molar-refractivity contribution in [2.45, 2.75) is 0 Å². The minimum atomic E-state index is -1.01. The summed E-state index contributed by atoms with van der Waals surface area (Å²) in [5.41, 5.74) is 0. The van der Waals surface area contributed by atoms with Crippen molar-refractivity contribution in [2.75, 3.05) is 5.32 Å². The SMILES string of the molecule is O=C(O)c1cnc(Nc2ccnc(Cl)n2)s1. The Morgan fingerprint density at radius 1 is 1.50 bits per heavy atom. The van der Waals surface area contributed by atoms with Gasteiger partial charge in [0.1, 0.15) is 10.7 Å². The number of hydrogen-bond donors (Lipinski definition) is 2. The molecule has 2 aromatic heterocycles. The number of aromatic nitrogens is 3. The molecule has 0 unspecified atom stereocenters. The molecule has 0 aliphatic carbocycles. The number of hydrogen-bond acceptors (Lipinski definition) is 6. The smallest absolute Gasteiger partial charge is 0.347 e. The highest BCUT2D eigenvalue weighted by Crippen LogP contribution is 2.21. The van der Waals surface area contributed by atoms with Crippen LogP contribution in [-0.2, 0) is 0 Å². The lowest BCUT2D eigenvalue weighted by atomic mass is 10.6. The van der Waals surface area contributed by atoms with E-state index in [9.17, 15) is 4.79 Å². The molecule has 0 aliphatic heterocycles. The van der Waals surface area contributed by atoms with Crippen LogP contribution < -0.4 is 5.32 Å². The van der Waals surface area contributed by atoms with Crippen molar-refractivity contribution in [3.05, 3.63) is 28.6 Å². The summed E-state index contributed by atoms with van der Waals surface area (Å²) < 4.78 is 0. The predicted octanol–water partition coefficient (Wildman–Crippen LogP) is 2.03. The first-order chi connectivity index (χ1) is 7.65. The zero-order valence-corrected chi connectivity index (χ0v) is 9.29. The summed E-state index contributed by atoms with van der Waals surface area (Å²) in [5.74, 6) is -0.544. The topological polar surface area (TPSA) is 88.0 Å². The van der Waals surface area contributed by atoms with Crippen molar-refractivity contribution in [2.24, 2.45) is 0 Å². The second kappa shape index (κ2) is 4.42. The van der Waals surface area contributed by atoms with Crippen LogP contribution in [0.15, 0.2) is 18.5 Å². The maximum Gasteiger partial charge on any atom is 0.347 e. The summed E-state index contributed by atoms with van der Waals surface area (Å²) in [6, 6.07) is 1.60. The standard InChI is InChI=1S/C8H5ClN4O2S/c9-7-10-2-1-5(12-7)13-8-11-3-4(16-8)6(14)15/h1-3H,(H,14,15)(H,10,11,12,13). The van der Waals surface area contributed by atoms with Gasteiger partial charge in [-0.3, -0.25) is 0 Å². The Labute approximate surface area is 99.0 Å². The Balaban J connectivity index is 2.17. The van der Waals surface area contributed by atoms with Crippen LogP contribution in [0.1, 0.15) is 9.67 Å². The predicted molar refractivity (Wildman–Crippen MR) is 59.4 cm³/mol. The summed E-state index contributed by atoms with van der Waals surface area (Å²) in [6.07, 6.45) is 2.77. The van der Waals surface area contributed by atoms with Gasteiger partial charge < -0.3 is 10.4 Å². The van der Waals surface area contributed by atoms with Crippen LogP contribution >= 0.6 is 22.9 Å². The number of anilines is 2. The van der Waals surface area contributed by atoms with E-state index in [4.69, 9.17) is 16.7 Å². The van der Waals surface area contributed by atoms with Crippen molar-refractivity contribution in [1.82, 2.24) is 15.0 Å². The first kappa shape index (κ1) is 10.8. The average Bonchev–Trinajstić information content (AvgIpc) is 2.66. The fraction of sp³-hybridized carbons (Fsp3) is 0. The van der Waals surface area contributed by atoms with E-state index < -0.39 is 5.97 Å². The first-order valence-electron chi connectivity index (χ1n) is 4.10. The Kier molecular flexibility index (Phi) is 2.97. The van der Waals surface area contributed by atoms with E-state index in [2.05, 4.69) is 20.3 Å². The van der Waals surface area contributed by atoms with Gasteiger partial charge in [0.05, 0.1) is 6.20 Å². The Hall–Kier alpha value is -1.73. The normalized spacial score (nSPS) is 10.1. The highest BCUT2D eigenvalue weighted by Gasteiger charge is 2.08. The molecule has 2 rings (SSSR count). The van der Waals surface area contributed by atoms with Crippen LogP contribution in [0, 0.1) is 0 Å². The molecular formula is C8H5ClN4O2S. The molecule has 2 heterocycles. The van der Waals surface area contributed by atoms with Crippen molar-refractivity contribution in [3.8, 4) is 0 Å². The maximum absolute atomic E-state index is 10.6. The number of halogens is 1. The maximum atomic E-state index is 10.6. The molecule has 8 heteroatoms. The van der Waals surface area contributed by atoms with Crippen molar-refractivity contribution in [1.29, 1.82) is 0 Å². The monoisotopic (exact) mass is 256 g/mol. The summed E-state index contributed by atoms with van der Waals surface area (Å²) >= 11 is 6.61. The average molecular weight is 257 g/mol. The van der Waals surface area contributed by atoms with Gasteiger partial charge in [0.25, 0.3) is 0 Å². The molecule has 0 amide bonds. The van der Waals surface area contributed by atoms with E-state index in [1.807, 2.05) is 0 Å². The largest absolute Gasteiger partial charge is 0.477 e. The van der Waals surface area contributed by atoms with Gasteiger partial charge in [-0.15, -0.1) is 0 Å². The Morgan fingerprint density at radius 3 is 2.94 bits per heavy atom. The van der Waals surface area contributed by atoms with Crippen LogP contribution in [-0.4, -0.2) is 26.0 Å². The lowest BCUT2D eigenvalue weighted by Gasteiger charge is -1.99. The van der Waals surface area contributed by atoms with Crippen molar-refractivity contribution >= 4 is 39.9 Å². The second-order valence-corrected chi connectivity index (χ2v) is 4.04. The lowest BCUT2D eigenvalue weighted by molar-refractivity contribution is 0.0702. The second-order valence-electron chi connectivity index (χ2n) is 2.67. The van der Waals surface area contributed by atoms with Gasteiger partial charge in [0.15, 0.2) is 5.13 Å². The van der Waals surface area contributed by atoms with E-state index in [1.165, 1.54) is 12.4 Å². The molecular weight excluding hydrogens is 252 g/mol. The Morgan fingerprint density at radius 2 is 2.31 bits per heavy atom. The van der Waals surface area contributed by atoms with Gasteiger partial charge in [-0.1, -0.05) is 11.3 Å². The number of aromatic carboxylic acids is 1. The molecule has 2 aromatic rings. The number of carboxylic acids is 1. The van der Waals surface area contributed by atoms with E-state index >= 15 is 0 Å². The minimum absolute atomic E-state index is 0.111. The summed E-state index contributed by atoms with van der Waals surface area (Å²) in [6.45, 7) is 0. The molecule has 82 valence electrons. The first-order valence-corrected chi connectivity index (χ1v) is 5.29. The molecule has 0 radical (unpaired) electrons. The number of nitrogens with one attached hydrogen (secondary N) is 1. The third-order valence-corrected chi connectivity index (χ3v) is 2.66. The molecule has 0 saturated carbocycles. The Bertz CT molecular complexity index is 530. The minimum Gasteiger partial charge on any atom is -0.477 e. The molecule has 0 fully saturated rings. The fourth-order valence-corrected chi connectivity index (χ4v) is 1.75. The van der Waals surface area contributed by atoms with Crippen molar-refractivity contribution in [3.63, 3.8) is 0 Å². The third-order valence-electron chi connectivity index (χ3n) is 1.58. The van der Waals surface area contributed by atoms with Crippen molar-refractivity contribution < 1.29 is 9.90 Å². The number of thiazole rings is 1. The van der Waals surface area contributed by atoms with E-state index in [0.717, 1.165) is 11.3 Å². The summed E-state index contributed by atoms with van der Waals surface area (Å²) in [7, 11) is 0. The highest BCUT2D eigenvalue weighted by atomic mass is 35.5. The fourth-order valence-electron chi connectivity index (χ4n) is 0.945. The van der Waals surface area contributed by atoms with E-state index in [0.29, 0.717) is 10.9 Å². The van der Waals surface area contributed by atoms with Crippen LogP contribution in [0.2, 0.25) is 5.28 Å². The van der Waals surface area contributed by atoms with Crippen LogP contribution in [0.5, 0.6) is 0 Å². The molecule has 0 bridgehead atoms. The van der Waals surface area contributed by atoms with Gasteiger partial charge in [-0.25, -0.2) is 19.7 Å². The van der Waals surface area contributed by atoms with Crippen LogP contribution in [0.4, 0.5) is 10.9 Å². The zero-order valence-electron chi connectivity index (χ0n) is 7.72. The number of carbonyl (C=O) groups is 1. The van der Waals surface area contributed by atoms with Crippen LogP contribution in [0.3, 0.4) is 0 Å². The zero-order chi connectivity index (χ0) is 11.5. The van der Waals surface area contributed by atoms with E-state index in [1.54, 1.807) is 6.07 Å². The number of rotatable bonds is 3. The molecule has 0 atom stereocenters. The van der Waals surface area contributed by atoms with Gasteiger partial charge in [-0.2, -0.15) is 0 Å². The molecule has 16 heavy (non-hydrogen) atoms. The number of nitrogens with zero attached hydrogens (tertiary/aromatic N) is 3. The molecule has 6 nitrogen and oxygen atoms in total. The summed E-state index contributed by atoms with van der Waals surface area (Å²) in [5, 5.41) is 12.1. The molecule has 0 saturated heterocycles. The van der Waals surface area contributed by atoms with Gasteiger partial charge >= 0.3 is 5.97 Å².